The van der Waals surface area contributed by atoms with Gasteiger partial charge < -0.3 is 18.9 Å². The van der Waals surface area contributed by atoms with Gasteiger partial charge in [0.05, 0.1) is 25.7 Å². The smallest absolute Gasteiger partial charge is 0.188 e. The predicted octanol–water partition coefficient (Wildman–Crippen LogP) is 2.09. The molecule has 2 saturated heterocycles. The zero-order valence-electron chi connectivity index (χ0n) is 14.0. The lowest BCUT2D eigenvalue weighted by molar-refractivity contribution is -0.134. The fraction of sp³-hybridized carbons (Fsp3) is 0.824. The number of ether oxygens (including phenoxy) is 4. The number of rotatable bonds is 6. The van der Waals surface area contributed by atoms with Crippen LogP contribution in [0.1, 0.15) is 33.6 Å². The summed E-state index contributed by atoms with van der Waals surface area (Å²) in [6, 6.07) is 0. The Balaban J connectivity index is 1.85. The van der Waals surface area contributed by atoms with Crippen molar-refractivity contribution in [3.8, 4) is 0 Å². The van der Waals surface area contributed by atoms with Crippen LogP contribution in [0.3, 0.4) is 0 Å². The molecule has 0 radical (unpaired) electrons. The normalized spacial score (nSPS) is 43.5. The van der Waals surface area contributed by atoms with Gasteiger partial charge in [0.2, 0.25) is 0 Å². The predicted molar refractivity (Wildman–Crippen MR) is 80.4 cm³/mol. The van der Waals surface area contributed by atoms with Gasteiger partial charge in [-0.3, -0.25) is 4.79 Å². The van der Waals surface area contributed by atoms with E-state index in [4.69, 9.17) is 18.9 Å². The molecule has 5 nitrogen and oxygen atoms in total. The third-order valence-electron chi connectivity index (χ3n) is 5.31. The van der Waals surface area contributed by atoms with Crippen molar-refractivity contribution in [3.05, 3.63) is 11.8 Å². The van der Waals surface area contributed by atoms with Crippen LogP contribution in [0.4, 0.5) is 0 Å². The summed E-state index contributed by atoms with van der Waals surface area (Å²) in [4.78, 5) is 12.4. The fourth-order valence-corrected chi connectivity index (χ4v) is 3.92. The van der Waals surface area contributed by atoms with Gasteiger partial charge in [-0.25, -0.2) is 0 Å². The minimum Gasteiger partial charge on any atom is -0.498 e. The minimum atomic E-state index is -0.551. The molecule has 0 N–H and O–H groups in total. The molecule has 0 aromatic heterocycles. The van der Waals surface area contributed by atoms with Crippen molar-refractivity contribution in [2.45, 2.75) is 57.0 Å². The van der Waals surface area contributed by atoms with Crippen LogP contribution >= 0.6 is 0 Å². The number of carbonyl (C=O) groups is 1. The molecule has 0 aromatic carbocycles. The standard InChI is InChI=1S/C17H26O5/c1-10(2)6-7-12-16(3,22-12)15-14(20-5)11(18)8-13(19-4)17(15)9-21-17/h8,10,12,14-15H,6-7,9H2,1-5H3/t12-,14-,15-,16+,17-/m1/s1. The van der Waals surface area contributed by atoms with Gasteiger partial charge in [-0.05, 0) is 25.7 Å². The van der Waals surface area contributed by atoms with Gasteiger partial charge in [-0.1, -0.05) is 13.8 Å². The maximum Gasteiger partial charge on any atom is 0.188 e. The molecule has 2 fully saturated rings. The SMILES string of the molecule is COC1=CC(=O)[C@@H](OC)[C@H]([C@@]2(C)O[C@@H]2CCC(C)C)[C@@]12CO2. The summed E-state index contributed by atoms with van der Waals surface area (Å²) < 4.78 is 22.8. The van der Waals surface area contributed by atoms with E-state index in [0.29, 0.717) is 18.3 Å². The summed E-state index contributed by atoms with van der Waals surface area (Å²) in [7, 11) is 3.16. The Morgan fingerprint density at radius 3 is 2.59 bits per heavy atom. The highest BCUT2D eigenvalue weighted by molar-refractivity contribution is 5.96. The van der Waals surface area contributed by atoms with Crippen LogP contribution in [0.25, 0.3) is 0 Å². The molecule has 0 saturated carbocycles. The van der Waals surface area contributed by atoms with Crippen molar-refractivity contribution >= 4 is 5.78 Å². The Kier molecular flexibility index (Phi) is 3.86. The topological polar surface area (TPSA) is 60.6 Å². The Morgan fingerprint density at radius 1 is 1.41 bits per heavy atom. The first-order valence-corrected chi connectivity index (χ1v) is 8.03. The molecule has 3 aliphatic rings. The number of ketones is 1. The van der Waals surface area contributed by atoms with Crippen LogP contribution in [0, 0.1) is 11.8 Å². The molecule has 0 bridgehead atoms. The van der Waals surface area contributed by atoms with Crippen LogP contribution in [-0.4, -0.2) is 50.0 Å². The van der Waals surface area contributed by atoms with Gasteiger partial charge in [-0.15, -0.1) is 0 Å². The Labute approximate surface area is 131 Å². The van der Waals surface area contributed by atoms with E-state index in [9.17, 15) is 4.79 Å². The van der Waals surface area contributed by atoms with Gasteiger partial charge >= 0.3 is 0 Å². The van der Waals surface area contributed by atoms with Crippen LogP contribution < -0.4 is 0 Å². The molecular weight excluding hydrogens is 284 g/mol. The summed E-state index contributed by atoms with van der Waals surface area (Å²) in [5.74, 6) is 1.02. The third-order valence-corrected chi connectivity index (χ3v) is 5.31. The maximum absolute atomic E-state index is 12.4. The number of hydrogen-bond donors (Lipinski definition) is 0. The molecule has 124 valence electrons. The third kappa shape index (κ3) is 2.30. The van der Waals surface area contributed by atoms with Crippen LogP contribution in [0.2, 0.25) is 0 Å². The number of hydrogen-bond acceptors (Lipinski definition) is 5. The highest BCUT2D eigenvalue weighted by Crippen LogP contribution is 2.59. The number of epoxide rings is 2. The largest absolute Gasteiger partial charge is 0.498 e. The van der Waals surface area contributed by atoms with Crippen LogP contribution in [0.5, 0.6) is 0 Å². The van der Waals surface area contributed by atoms with E-state index >= 15 is 0 Å². The van der Waals surface area contributed by atoms with E-state index in [2.05, 4.69) is 20.8 Å². The van der Waals surface area contributed by atoms with E-state index < -0.39 is 11.7 Å². The van der Waals surface area contributed by atoms with E-state index in [-0.39, 0.29) is 23.4 Å². The van der Waals surface area contributed by atoms with Crippen molar-refractivity contribution in [2.75, 3.05) is 20.8 Å². The first-order chi connectivity index (χ1) is 10.4. The average Bonchev–Trinajstić information content (AvgIpc) is 3.37. The molecule has 0 aromatic rings. The van der Waals surface area contributed by atoms with Crippen LogP contribution in [0.15, 0.2) is 11.8 Å². The zero-order valence-corrected chi connectivity index (χ0v) is 14.0. The zero-order chi connectivity index (χ0) is 16.1. The molecule has 1 aliphatic carbocycles. The van der Waals surface area contributed by atoms with Crippen molar-refractivity contribution in [2.24, 2.45) is 11.8 Å². The summed E-state index contributed by atoms with van der Waals surface area (Å²) in [6.07, 6.45) is 3.25. The summed E-state index contributed by atoms with van der Waals surface area (Å²) in [5, 5.41) is 0. The van der Waals surface area contributed by atoms with Crippen molar-refractivity contribution < 1.29 is 23.7 Å². The fourth-order valence-electron chi connectivity index (χ4n) is 3.92. The highest BCUT2D eigenvalue weighted by atomic mass is 16.6. The van der Waals surface area contributed by atoms with E-state index in [1.165, 1.54) is 6.08 Å². The molecule has 5 heteroatoms. The van der Waals surface area contributed by atoms with Crippen LogP contribution in [-0.2, 0) is 23.7 Å². The van der Waals surface area contributed by atoms with Gasteiger partial charge in [0, 0.05) is 13.2 Å². The van der Waals surface area contributed by atoms with Crippen molar-refractivity contribution in [1.29, 1.82) is 0 Å². The number of carbonyl (C=O) groups excluding carboxylic acids is 1. The monoisotopic (exact) mass is 310 g/mol. The molecule has 2 heterocycles. The lowest BCUT2D eigenvalue weighted by atomic mass is 9.70. The summed E-state index contributed by atoms with van der Waals surface area (Å²) in [5.41, 5.74) is -0.940. The summed E-state index contributed by atoms with van der Waals surface area (Å²) >= 11 is 0. The van der Waals surface area contributed by atoms with E-state index in [0.717, 1.165) is 12.8 Å². The molecule has 22 heavy (non-hydrogen) atoms. The van der Waals surface area contributed by atoms with Gasteiger partial charge in [0.15, 0.2) is 11.4 Å². The first kappa shape index (κ1) is 16.0. The molecule has 0 unspecified atom stereocenters. The van der Waals surface area contributed by atoms with E-state index in [1.54, 1.807) is 14.2 Å². The minimum absolute atomic E-state index is 0.0650. The Bertz CT molecular complexity index is 493. The average molecular weight is 310 g/mol. The molecule has 3 rings (SSSR count). The lowest BCUT2D eigenvalue weighted by Crippen LogP contribution is -2.53. The second kappa shape index (κ2) is 5.32. The second-order valence-electron chi connectivity index (χ2n) is 7.19. The van der Waals surface area contributed by atoms with Gasteiger partial charge in [0.25, 0.3) is 0 Å². The molecule has 1 spiro atoms. The van der Waals surface area contributed by atoms with Gasteiger partial charge in [-0.2, -0.15) is 0 Å². The van der Waals surface area contributed by atoms with E-state index in [1.807, 2.05) is 0 Å². The molecule has 5 atom stereocenters. The molecule has 2 aliphatic heterocycles. The van der Waals surface area contributed by atoms with Crippen molar-refractivity contribution in [1.82, 2.24) is 0 Å². The Hall–Kier alpha value is -0.910. The first-order valence-electron chi connectivity index (χ1n) is 8.03. The highest BCUT2D eigenvalue weighted by Gasteiger charge is 2.73. The molecular formula is C17H26O5. The van der Waals surface area contributed by atoms with Crippen molar-refractivity contribution in [3.63, 3.8) is 0 Å². The van der Waals surface area contributed by atoms with Gasteiger partial charge in [0.1, 0.15) is 17.5 Å². The quantitative estimate of drug-likeness (QED) is 0.703. The Morgan fingerprint density at radius 2 is 2.09 bits per heavy atom. The second-order valence-corrected chi connectivity index (χ2v) is 7.19. The lowest BCUT2D eigenvalue weighted by Gasteiger charge is -2.36. The number of methoxy groups -OCH3 is 2. The summed E-state index contributed by atoms with van der Waals surface area (Å²) in [6.45, 7) is 7.04. The molecule has 0 amide bonds. The maximum atomic E-state index is 12.4.